The summed E-state index contributed by atoms with van der Waals surface area (Å²) in [5.41, 5.74) is 0.167. The lowest BCUT2D eigenvalue weighted by molar-refractivity contribution is 0.353. The second kappa shape index (κ2) is 3.65. The molecule has 68 valence electrons. The van der Waals surface area contributed by atoms with Crippen molar-refractivity contribution >= 4 is 15.9 Å². The zero-order chi connectivity index (χ0) is 9.19. The van der Waals surface area contributed by atoms with Crippen LogP contribution in [0.1, 0.15) is 39.4 Å². The highest BCUT2D eigenvalue weighted by Gasteiger charge is 2.22. The summed E-state index contributed by atoms with van der Waals surface area (Å²) in [6, 6.07) is 3.99. The van der Waals surface area contributed by atoms with Gasteiger partial charge < -0.3 is 4.42 Å². The van der Waals surface area contributed by atoms with Crippen LogP contribution in [0.3, 0.4) is 0 Å². The highest BCUT2D eigenvalue weighted by Crippen LogP contribution is 2.30. The van der Waals surface area contributed by atoms with Crippen LogP contribution >= 0.6 is 15.9 Å². The molecule has 0 saturated carbocycles. The highest BCUT2D eigenvalue weighted by atomic mass is 79.9. The highest BCUT2D eigenvalue weighted by molar-refractivity contribution is 9.10. The second-order valence-corrected chi connectivity index (χ2v) is 4.52. The van der Waals surface area contributed by atoms with Crippen molar-refractivity contribution in [1.82, 2.24) is 0 Å². The van der Waals surface area contributed by atoms with Gasteiger partial charge in [-0.1, -0.05) is 27.2 Å². The molecule has 1 rings (SSSR count). The van der Waals surface area contributed by atoms with E-state index in [1.165, 1.54) is 6.42 Å². The summed E-state index contributed by atoms with van der Waals surface area (Å²) < 4.78 is 6.34. The van der Waals surface area contributed by atoms with Crippen LogP contribution in [0.25, 0.3) is 0 Å². The largest absolute Gasteiger partial charge is 0.454 e. The van der Waals surface area contributed by atoms with Crippen molar-refractivity contribution in [1.29, 1.82) is 0 Å². The van der Waals surface area contributed by atoms with E-state index in [1.807, 2.05) is 12.1 Å². The van der Waals surface area contributed by atoms with Gasteiger partial charge in [0.05, 0.1) is 0 Å². The van der Waals surface area contributed by atoms with Crippen molar-refractivity contribution in [2.75, 3.05) is 0 Å². The third-order valence-electron chi connectivity index (χ3n) is 2.12. The molecule has 0 aromatic carbocycles. The number of hydrogen-bond acceptors (Lipinski definition) is 1. The molecule has 2 heteroatoms. The van der Waals surface area contributed by atoms with E-state index in [1.54, 1.807) is 0 Å². The Morgan fingerprint density at radius 1 is 1.42 bits per heavy atom. The molecule has 0 amide bonds. The minimum absolute atomic E-state index is 0.167. The standard InChI is InChI=1S/C10H15BrO/c1-4-7-10(2,3)8-5-6-9(11)12-8/h5-6H,4,7H2,1-3H3. The van der Waals surface area contributed by atoms with Gasteiger partial charge in [-0.25, -0.2) is 0 Å². The predicted octanol–water partition coefficient (Wildman–Crippen LogP) is 4.12. The summed E-state index contributed by atoms with van der Waals surface area (Å²) in [7, 11) is 0. The van der Waals surface area contributed by atoms with Crippen LogP contribution < -0.4 is 0 Å². The van der Waals surface area contributed by atoms with Gasteiger partial charge in [0, 0.05) is 5.41 Å². The smallest absolute Gasteiger partial charge is 0.169 e. The lowest BCUT2D eigenvalue weighted by atomic mass is 9.85. The van der Waals surface area contributed by atoms with E-state index in [2.05, 4.69) is 36.7 Å². The quantitative estimate of drug-likeness (QED) is 0.762. The van der Waals surface area contributed by atoms with Gasteiger partial charge in [0.15, 0.2) is 4.67 Å². The van der Waals surface area contributed by atoms with Crippen molar-refractivity contribution in [3.63, 3.8) is 0 Å². The minimum atomic E-state index is 0.167. The van der Waals surface area contributed by atoms with Gasteiger partial charge >= 0.3 is 0 Å². The molecule has 0 spiro atoms. The van der Waals surface area contributed by atoms with E-state index in [-0.39, 0.29) is 5.41 Å². The van der Waals surface area contributed by atoms with Crippen LogP contribution in [-0.2, 0) is 5.41 Å². The molecule has 0 atom stereocenters. The van der Waals surface area contributed by atoms with Crippen molar-refractivity contribution < 1.29 is 4.42 Å². The first kappa shape index (κ1) is 9.85. The van der Waals surface area contributed by atoms with Gasteiger partial charge in [-0.15, -0.1) is 0 Å². The second-order valence-electron chi connectivity index (χ2n) is 3.74. The van der Waals surface area contributed by atoms with Gasteiger partial charge in [0.2, 0.25) is 0 Å². The van der Waals surface area contributed by atoms with Crippen LogP contribution in [0, 0.1) is 0 Å². The molecule has 0 N–H and O–H groups in total. The van der Waals surface area contributed by atoms with Crippen LogP contribution in [0.2, 0.25) is 0 Å². The molecule has 0 aliphatic carbocycles. The molecule has 0 radical (unpaired) electrons. The fourth-order valence-electron chi connectivity index (χ4n) is 1.43. The van der Waals surface area contributed by atoms with Crippen molar-refractivity contribution in [2.24, 2.45) is 0 Å². The zero-order valence-corrected chi connectivity index (χ0v) is 9.44. The Morgan fingerprint density at radius 2 is 2.08 bits per heavy atom. The third-order valence-corrected chi connectivity index (χ3v) is 2.54. The maximum atomic E-state index is 5.52. The molecule has 1 heterocycles. The number of rotatable bonds is 3. The Balaban J connectivity index is 2.81. The van der Waals surface area contributed by atoms with E-state index in [9.17, 15) is 0 Å². The maximum Gasteiger partial charge on any atom is 0.169 e. The van der Waals surface area contributed by atoms with E-state index in [0.717, 1.165) is 16.9 Å². The first-order valence-corrected chi connectivity index (χ1v) is 5.11. The summed E-state index contributed by atoms with van der Waals surface area (Å²) in [5, 5.41) is 0. The Labute approximate surface area is 82.3 Å². The zero-order valence-electron chi connectivity index (χ0n) is 7.86. The Bertz CT molecular complexity index is 250. The number of furan rings is 1. The summed E-state index contributed by atoms with van der Waals surface area (Å²) in [4.78, 5) is 0. The molecular weight excluding hydrogens is 216 g/mol. The van der Waals surface area contributed by atoms with Gasteiger partial charge in [0.25, 0.3) is 0 Å². The topological polar surface area (TPSA) is 13.1 Å². The molecule has 1 nitrogen and oxygen atoms in total. The van der Waals surface area contributed by atoms with E-state index < -0.39 is 0 Å². The van der Waals surface area contributed by atoms with E-state index in [4.69, 9.17) is 4.42 Å². The average Bonchev–Trinajstić information content (AvgIpc) is 2.36. The van der Waals surface area contributed by atoms with Crippen LogP contribution in [0.5, 0.6) is 0 Å². The molecule has 0 bridgehead atoms. The van der Waals surface area contributed by atoms with Crippen molar-refractivity contribution in [3.05, 3.63) is 22.6 Å². The lowest BCUT2D eigenvalue weighted by Gasteiger charge is -2.20. The molecule has 1 aromatic rings. The monoisotopic (exact) mass is 230 g/mol. The molecule has 12 heavy (non-hydrogen) atoms. The van der Waals surface area contributed by atoms with Gasteiger partial charge in [-0.3, -0.25) is 0 Å². The van der Waals surface area contributed by atoms with Crippen LogP contribution in [0.15, 0.2) is 21.2 Å². The Kier molecular flexibility index (Phi) is 2.99. The average molecular weight is 231 g/mol. The molecule has 0 aliphatic heterocycles. The summed E-state index contributed by atoms with van der Waals surface area (Å²) >= 11 is 3.31. The fraction of sp³-hybridized carbons (Fsp3) is 0.600. The summed E-state index contributed by atoms with van der Waals surface area (Å²) in [6.07, 6.45) is 2.35. The molecule has 0 aliphatic rings. The predicted molar refractivity (Wildman–Crippen MR) is 54.3 cm³/mol. The minimum Gasteiger partial charge on any atom is -0.454 e. The summed E-state index contributed by atoms with van der Waals surface area (Å²) in [5.74, 6) is 1.07. The molecular formula is C10H15BrO. The summed E-state index contributed by atoms with van der Waals surface area (Å²) in [6.45, 7) is 6.61. The SMILES string of the molecule is CCCC(C)(C)c1ccc(Br)o1. The molecule has 0 saturated heterocycles. The van der Waals surface area contributed by atoms with Gasteiger partial charge in [0.1, 0.15) is 5.76 Å². The van der Waals surface area contributed by atoms with Gasteiger partial charge in [-0.05, 0) is 34.5 Å². The van der Waals surface area contributed by atoms with Crippen molar-refractivity contribution in [2.45, 2.75) is 39.0 Å². The molecule has 1 aromatic heterocycles. The number of halogens is 1. The van der Waals surface area contributed by atoms with Crippen LogP contribution in [0.4, 0.5) is 0 Å². The molecule has 0 fully saturated rings. The third kappa shape index (κ3) is 2.13. The van der Waals surface area contributed by atoms with Gasteiger partial charge in [-0.2, -0.15) is 0 Å². The van der Waals surface area contributed by atoms with Crippen molar-refractivity contribution in [3.8, 4) is 0 Å². The lowest BCUT2D eigenvalue weighted by Crippen LogP contribution is -2.15. The first-order valence-electron chi connectivity index (χ1n) is 4.32. The van der Waals surface area contributed by atoms with E-state index in [0.29, 0.717) is 0 Å². The first-order chi connectivity index (χ1) is 5.56. The number of hydrogen-bond donors (Lipinski definition) is 0. The Morgan fingerprint density at radius 3 is 2.50 bits per heavy atom. The van der Waals surface area contributed by atoms with Crippen LogP contribution in [-0.4, -0.2) is 0 Å². The normalized spacial score (nSPS) is 12.0. The maximum absolute atomic E-state index is 5.52. The molecule has 0 unspecified atom stereocenters. The van der Waals surface area contributed by atoms with E-state index >= 15 is 0 Å². The fourth-order valence-corrected chi connectivity index (χ4v) is 1.73. The Hall–Kier alpha value is -0.240.